The highest BCUT2D eigenvalue weighted by Gasteiger charge is 2.44. The Kier molecular flexibility index (Phi) is 23.4. The summed E-state index contributed by atoms with van der Waals surface area (Å²) in [5, 5.41) is 74.6. The Labute approximate surface area is 269 Å². The molecule has 1 saturated heterocycles. The molecule has 262 valence electrons. The summed E-state index contributed by atoms with van der Waals surface area (Å²) in [7, 11) is 0. The maximum absolute atomic E-state index is 12.9. The van der Waals surface area contributed by atoms with Gasteiger partial charge >= 0.3 is 0 Å². The van der Waals surface area contributed by atoms with Crippen molar-refractivity contribution in [2.45, 2.75) is 159 Å². The van der Waals surface area contributed by atoms with Crippen molar-refractivity contribution in [2.75, 3.05) is 13.2 Å². The molecule has 11 nitrogen and oxygen atoms in total. The highest BCUT2D eigenvalue weighted by Crippen LogP contribution is 2.23. The normalized spacial score (nSPS) is 25.2. The van der Waals surface area contributed by atoms with Crippen molar-refractivity contribution in [3.05, 3.63) is 36.5 Å². The molecule has 0 radical (unpaired) electrons. The highest BCUT2D eigenvalue weighted by molar-refractivity contribution is 5.80. The van der Waals surface area contributed by atoms with Crippen LogP contribution in [0.1, 0.15) is 104 Å². The standard InChI is InChI=1S/C34H61NO10/c1-3-5-7-9-11-13-14-16-18-20-22-27(38)33(43)35-25(24-44-34-32(42)31(41)30(40)28(23-36)45-34)29(39)26(37)21-19-17-15-12-10-8-6-4-2/h4,6,9,11-12,15,25-32,34,36-42H,3,5,7-8,10,13-14,16-24H2,1-2H3,(H,35,43)/b6-4+,11-9-,15-12+. The van der Waals surface area contributed by atoms with Crippen molar-refractivity contribution >= 4 is 5.91 Å². The molecule has 11 heteroatoms. The van der Waals surface area contributed by atoms with Gasteiger partial charge in [-0.3, -0.25) is 4.79 Å². The lowest BCUT2D eigenvalue weighted by Crippen LogP contribution is -2.60. The molecule has 0 aromatic rings. The van der Waals surface area contributed by atoms with E-state index in [4.69, 9.17) is 9.47 Å². The largest absolute Gasteiger partial charge is 0.394 e. The Morgan fingerprint density at radius 1 is 0.800 bits per heavy atom. The van der Waals surface area contributed by atoms with Gasteiger partial charge < -0.3 is 50.5 Å². The van der Waals surface area contributed by atoms with Gasteiger partial charge in [0.1, 0.15) is 36.6 Å². The molecular weight excluding hydrogens is 582 g/mol. The molecule has 1 aliphatic rings. The summed E-state index contributed by atoms with van der Waals surface area (Å²) < 4.78 is 10.9. The fourth-order valence-electron chi connectivity index (χ4n) is 5.03. The van der Waals surface area contributed by atoms with E-state index in [1.54, 1.807) is 0 Å². The number of carbonyl (C=O) groups is 1. The van der Waals surface area contributed by atoms with E-state index in [1.807, 2.05) is 19.1 Å². The highest BCUT2D eigenvalue weighted by atomic mass is 16.7. The van der Waals surface area contributed by atoms with Crippen LogP contribution in [0.2, 0.25) is 0 Å². The molecule has 1 heterocycles. The number of hydrogen-bond acceptors (Lipinski definition) is 10. The minimum absolute atomic E-state index is 0.234. The molecule has 1 rings (SSSR count). The maximum atomic E-state index is 12.9. The third-order valence-electron chi connectivity index (χ3n) is 7.99. The summed E-state index contributed by atoms with van der Waals surface area (Å²) in [5.74, 6) is -0.730. The first-order valence-electron chi connectivity index (χ1n) is 16.9. The lowest BCUT2D eigenvalue weighted by atomic mass is 9.98. The number of nitrogens with one attached hydrogen (secondary N) is 1. The van der Waals surface area contributed by atoms with Crippen LogP contribution in [0.4, 0.5) is 0 Å². The number of aliphatic hydroxyl groups is 7. The first-order valence-corrected chi connectivity index (χ1v) is 16.9. The number of hydrogen-bond donors (Lipinski definition) is 8. The predicted octanol–water partition coefficient (Wildman–Crippen LogP) is 2.54. The number of aliphatic hydroxyl groups excluding tert-OH is 7. The van der Waals surface area contributed by atoms with Gasteiger partial charge in [0.25, 0.3) is 0 Å². The molecule has 9 atom stereocenters. The molecule has 1 aliphatic heterocycles. The average Bonchev–Trinajstić information content (AvgIpc) is 3.04. The maximum Gasteiger partial charge on any atom is 0.249 e. The molecule has 0 saturated carbocycles. The fourth-order valence-corrected chi connectivity index (χ4v) is 5.03. The third-order valence-corrected chi connectivity index (χ3v) is 7.99. The van der Waals surface area contributed by atoms with E-state index >= 15 is 0 Å². The zero-order valence-electron chi connectivity index (χ0n) is 27.3. The van der Waals surface area contributed by atoms with Crippen LogP contribution in [0.3, 0.4) is 0 Å². The van der Waals surface area contributed by atoms with Crippen LogP contribution in [0, 0.1) is 0 Å². The number of amides is 1. The smallest absolute Gasteiger partial charge is 0.249 e. The van der Waals surface area contributed by atoms with E-state index in [2.05, 4.69) is 36.5 Å². The van der Waals surface area contributed by atoms with Gasteiger partial charge in [-0.05, 0) is 64.7 Å². The lowest BCUT2D eigenvalue weighted by Gasteiger charge is -2.40. The van der Waals surface area contributed by atoms with Gasteiger partial charge in [-0.1, -0.05) is 75.5 Å². The summed E-state index contributed by atoms with van der Waals surface area (Å²) in [6, 6.07) is -1.19. The average molecular weight is 644 g/mol. The molecule has 8 N–H and O–H groups in total. The Bertz CT molecular complexity index is 836. The predicted molar refractivity (Wildman–Crippen MR) is 173 cm³/mol. The molecular formula is C34H61NO10. The van der Waals surface area contributed by atoms with Crippen molar-refractivity contribution in [1.82, 2.24) is 5.32 Å². The summed E-state index contributed by atoms with van der Waals surface area (Å²) in [6.07, 6.45) is 12.6. The number of carbonyl (C=O) groups excluding carboxylic acids is 1. The number of rotatable bonds is 25. The Balaban J connectivity index is 2.69. The first-order chi connectivity index (χ1) is 21.7. The number of ether oxygens (including phenoxy) is 2. The minimum Gasteiger partial charge on any atom is -0.394 e. The topological polar surface area (TPSA) is 189 Å². The fraction of sp³-hybridized carbons (Fsp3) is 0.794. The van der Waals surface area contributed by atoms with Crippen molar-refractivity contribution in [2.24, 2.45) is 0 Å². The summed E-state index contributed by atoms with van der Waals surface area (Å²) in [6.45, 7) is 3.05. The van der Waals surface area contributed by atoms with Crippen molar-refractivity contribution < 1.29 is 50.0 Å². The minimum atomic E-state index is -1.67. The van der Waals surface area contributed by atoms with Crippen LogP contribution in [0.25, 0.3) is 0 Å². The van der Waals surface area contributed by atoms with Crippen LogP contribution in [-0.2, 0) is 14.3 Å². The van der Waals surface area contributed by atoms with Gasteiger partial charge in [0.15, 0.2) is 6.29 Å². The van der Waals surface area contributed by atoms with E-state index in [1.165, 1.54) is 12.8 Å². The molecule has 1 amide bonds. The van der Waals surface area contributed by atoms with Crippen LogP contribution in [-0.4, -0.2) is 110 Å². The molecule has 0 spiro atoms. The zero-order chi connectivity index (χ0) is 33.5. The quantitative estimate of drug-likeness (QED) is 0.0542. The van der Waals surface area contributed by atoms with Gasteiger partial charge in [0, 0.05) is 0 Å². The summed E-state index contributed by atoms with van der Waals surface area (Å²) >= 11 is 0. The van der Waals surface area contributed by atoms with E-state index in [0.717, 1.165) is 44.9 Å². The van der Waals surface area contributed by atoms with E-state index in [-0.39, 0.29) is 12.8 Å². The molecule has 1 fully saturated rings. The molecule has 9 unspecified atom stereocenters. The molecule has 0 aliphatic carbocycles. The van der Waals surface area contributed by atoms with Crippen molar-refractivity contribution in [3.63, 3.8) is 0 Å². The van der Waals surface area contributed by atoms with Crippen molar-refractivity contribution in [3.8, 4) is 0 Å². The van der Waals surface area contributed by atoms with E-state index < -0.39 is 74.2 Å². The number of unbranched alkanes of at least 4 members (excludes halogenated alkanes) is 8. The second-order valence-electron chi connectivity index (χ2n) is 11.9. The van der Waals surface area contributed by atoms with E-state index in [0.29, 0.717) is 19.3 Å². The SMILES string of the molecule is C/C=C/CC/C=C/CCCC(O)C(O)C(COC1OC(CO)C(O)C(O)C1O)NC(=O)C(O)CCCCCC/C=C\CCCC. The Morgan fingerprint density at radius 2 is 1.42 bits per heavy atom. The Morgan fingerprint density at radius 3 is 2.09 bits per heavy atom. The summed E-state index contributed by atoms with van der Waals surface area (Å²) in [5.41, 5.74) is 0. The molecule has 0 aromatic heterocycles. The summed E-state index contributed by atoms with van der Waals surface area (Å²) in [4.78, 5) is 12.9. The van der Waals surface area contributed by atoms with Gasteiger partial charge in [-0.15, -0.1) is 0 Å². The van der Waals surface area contributed by atoms with Gasteiger partial charge in [0.05, 0.1) is 25.4 Å². The first kappa shape index (κ1) is 41.4. The van der Waals surface area contributed by atoms with Crippen molar-refractivity contribution in [1.29, 1.82) is 0 Å². The monoisotopic (exact) mass is 643 g/mol. The van der Waals surface area contributed by atoms with Crippen LogP contribution in [0.15, 0.2) is 36.5 Å². The second-order valence-corrected chi connectivity index (χ2v) is 11.9. The van der Waals surface area contributed by atoms with Gasteiger partial charge in [-0.2, -0.15) is 0 Å². The van der Waals surface area contributed by atoms with Gasteiger partial charge in [0.2, 0.25) is 5.91 Å². The number of allylic oxidation sites excluding steroid dienone is 6. The third kappa shape index (κ3) is 17.2. The van der Waals surface area contributed by atoms with Crippen LogP contribution in [0.5, 0.6) is 0 Å². The molecule has 0 aromatic carbocycles. The zero-order valence-corrected chi connectivity index (χ0v) is 27.3. The lowest BCUT2D eigenvalue weighted by molar-refractivity contribution is -0.303. The molecule has 0 bridgehead atoms. The van der Waals surface area contributed by atoms with Crippen LogP contribution < -0.4 is 5.32 Å². The van der Waals surface area contributed by atoms with Crippen LogP contribution >= 0.6 is 0 Å². The van der Waals surface area contributed by atoms with Gasteiger partial charge in [-0.25, -0.2) is 0 Å². The second kappa shape index (κ2) is 25.4. The molecule has 45 heavy (non-hydrogen) atoms. The Hall–Kier alpha value is -1.67. The van der Waals surface area contributed by atoms with E-state index in [9.17, 15) is 40.5 Å².